The Hall–Kier alpha value is -1.08. The van der Waals surface area contributed by atoms with Gasteiger partial charge >= 0.3 is 0 Å². The van der Waals surface area contributed by atoms with Gasteiger partial charge in [-0.05, 0) is 12.0 Å². The lowest BCUT2D eigenvalue weighted by atomic mass is 10.1. The molecule has 0 atom stereocenters. The van der Waals surface area contributed by atoms with Crippen molar-refractivity contribution in [3.63, 3.8) is 0 Å². The van der Waals surface area contributed by atoms with Crippen LogP contribution in [0.25, 0.3) is 5.03 Å². The summed E-state index contributed by atoms with van der Waals surface area (Å²) in [5.41, 5.74) is 1.59. The molecule has 0 aliphatic carbocycles. The number of carbonyl (C=O) groups is 1. The van der Waals surface area contributed by atoms with Crippen LogP contribution in [0.5, 0.6) is 0 Å². The Balaban J connectivity index is 3.01. The molecule has 1 aromatic rings. The van der Waals surface area contributed by atoms with E-state index < -0.39 is 0 Å². The fourth-order valence-corrected chi connectivity index (χ4v) is 1.52. The maximum absolute atomic E-state index is 10.8. The largest absolute Gasteiger partial charge is 0.298 e. The van der Waals surface area contributed by atoms with Crippen molar-refractivity contribution in [2.24, 2.45) is 0 Å². The van der Waals surface area contributed by atoms with Crippen LogP contribution in [0.15, 0.2) is 35.9 Å². The van der Waals surface area contributed by atoms with Gasteiger partial charge < -0.3 is 0 Å². The van der Waals surface area contributed by atoms with E-state index in [-0.39, 0.29) is 0 Å². The van der Waals surface area contributed by atoms with Crippen molar-refractivity contribution >= 4 is 22.9 Å². The number of aldehydes is 1. The first-order valence-corrected chi connectivity index (χ1v) is 5.06. The second kappa shape index (κ2) is 5.61. The van der Waals surface area contributed by atoms with E-state index in [1.165, 1.54) is 0 Å². The van der Waals surface area contributed by atoms with Crippen LogP contribution in [0.2, 0.25) is 0 Å². The number of allylic oxidation sites excluding steroid dienone is 1. The molecule has 0 aromatic heterocycles. The van der Waals surface area contributed by atoms with Crippen molar-refractivity contribution in [3.05, 3.63) is 41.5 Å². The maximum atomic E-state index is 10.8. The topological polar surface area (TPSA) is 17.1 Å². The van der Waals surface area contributed by atoms with Gasteiger partial charge in [0.05, 0.1) is 5.03 Å². The fourth-order valence-electron chi connectivity index (χ4n) is 1.26. The minimum atomic E-state index is 0.572. The molecule has 0 radical (unpaired) electrons. The van der Waals surface area contributed by atoms with Crippen LogP contribution in [0, 0.1) is 0 Å². The van der Waals surface area contributed by atoms with Gasteiger partial charge in [0.1, 0.15) is 6.29 Å². The number of rotatable bonds is 4. The molecule has 0 N–H and O–H groups in total. The second-order valence-electron chi connectivity index (χ2n) is 3.07. The summed E-state index contributed by atoms with van der Waals surface area (Å²) >= 11 is 6.10. The minimum Gasteiger partial charge on any atom is -0.298 e. The van der Waals surface area contributed by atoms with E-state index in [2.05, 4.69) is 0 Å². The molecular formula is C12H13ClO. The van der Waals surface area contributed by atoms with Crippen LogP contribution in [0.4, 0.5) is 0 Å². The van der Waals surface area contributed by atoms with Gasteiger partial charge in [0.15, 0.2) is 0 Å². The Bertz CT molecular complexity index is 327. The monoisotopic (exact) mass is 208 g/mol. The lowest BCUT2D eigenvalue weighted by Gasteiger charge is -2.03. The normalized spacial score (nSPS) is 12.1. The van der Waals surface area contributed by atoms with Gasteiger partial charge in [-0.15, -0.1) is 0 Å². The van der Waals surface area contributed by atoms with E-state index in [9.17, 15) is 4.79 Å². The van der Waals surface area contributed by atoms with E-state index in [1.807, 2.05) is 37.3 Å². The van der Waals surface area contributed by atoms with Crippen molar-refractivity contribution in [1.82, 2.24) is 0 Å². The fraction of sp³-hybridized carbons (Fsp3) is 0.250. The number of halogens is 1. The molecule has 0 aliphatic heterocycles. The first-order chi connectivity index (χ1) is 6.79. The summed E-state index contributed by atoms with van der Waals surface area (Å²) in [6, 6.07) is 9.55. The average molecular weight is 209 g/mol. The van der Waals surface area contributed by atoms with Crippen LogP contribution in [0.1, 0.15) is 25.3 Å². The third-order valence-corrected chi connectivity index (χ3v) is 2.43. The van der Waals surface area contributed by atoms with Crippen LogP contribution in [-0.4, -0.2) is 6.29 Å². The molecule has 0 spiro atoms. The molecule has 0 saturated heterocycles. The molecule has 74 valence electrons. The molecule has 0 unspecified atom stereocenters. The molecule has 0 bridgehead atoms. The quantitative estimate of drug-likeness (QED) is 0.546. The Morgan fingerprint density at radius 3 is 2.50 bits per heavy atom. The van der Waals surface area contributed by atoms with E-state index in [1.54, 1.807) is 0 Å². The van der Waals surface area contributed by atoms with Crippen LogP contribution in [-0.2, 0) is 4.79 Å². The summed E-state index contributed by atoms with van der Waals surface area (Å²) in [4.78, 5) is 10.8. The van der Waals surface area contributed by atoms with Gasteiger partial charge in [-0.3, -0.25) is 4.79 Å². The number of benzene rings is 1. The standard InChI is InChI=1S/C12H13ClO/c1-2-6-11(9-14)12(13)10-7-4-3-5-8-10/h3-5,7-9H,2,6H2,1H3/b12-11-. The molecular weight excluding hydrogens is 196 g/mol. The highest BCUT2D eigenvalue weighted by Gasteiger charge is 2.04. The van der Waals surface area contributed by atoms with Crippen LogP contribution in [0.3, 0.4) is 0 Å². The highest BCUT2D eigenvalue weighted by atomic mass is 35.5. The zero-order chi connectivity index (χ0) is 10.4. The molecule has 2 heteroatoms. The predicted molar refractivity (Wildman–Crippen MR) is 60.2 cm³/mol. The van der Waals surface area contributed by atoms with Gasteiger partial charge in [-0.1, -0.05) is 55.3 Å². The second-order valence-corrected chi connectivity index (χ2v) is 3.45. The van der Waals surface area contributed by atoms with Crippen molar-refractivity contribution in [2.75, 3.05) is 0 Å². The van der Waals surface area contributed by atoms with E-state index >= 15 is 0 Å². The molecule has 0 fully saturated rings. The van der Waals surface area contributed by atoms with Crippen LogP contribution < -0.4 is 0 Å². The minimum absolute atomic E-state index is 0.572. The summed E-state index contributed by atoms with van der Waals surface area (Å²) in [5, 5.41) is 0.572. The van der Waals surface area contributed by atoms with Gasteiger partial charge in [0.2, 0.25) is 0 Å². The van der Waals surface area contributed by atoms with Gasteiger partial charge in [0.25, 0.3) is 0 Å². The summed E-state index contributed by atoms with van der Waals surface area (Å²) in [6.07, 6.45) is 2.51. The molecule has 0 amide bonds. The van der Waals surface area contributed by atoms with Crippen molar-refractivity contribution in [3.8, 4) is 0 Å². The Morgan fingerprint density at radius 1 is 1.36 bits per heavy atom. The number of hydrogen-bond acceptors (Lipinski definition) is 1. The maximum Gasteiger partial charge on any atom is 0.147 e. The molecule has 1 rings (SSSR count). The van der Waals surface area contributed by atoms with E-state index in [4.69, 9.17) is 11.6 Å². The molecule has 0 aliphatic rings. The smallest absolute Gasteiger partial charge is 0.147 e. The van der Waals surface area contributed by atoms with E-state index in [0.29, 0.717) is 10.6 Å². The molecule has 1 aromatic carbocycles. The van der Waals surface area contributed by atoms with Crippen molar-refractivity contribution in [2.45, 2.75) is 19.8 Å². The third-order valence-electron chi connectivity index (χ3n) is 1.97. The zero-order valence-electron chi connectivity index (χ0n) is 8.16. The van der Waals surface area contributed by atoms with Crippen molar-refractivity contribution in [1.29, 1.82) is 0 Å². The summed E-state index contributed by atoms with van der Waals surface area (Å²) in [7, 11) is 0. The van der Waals surface area contributed by atoms with Gasteiger partial charge in [0, 0.05) is 5.57 Å². The number of carbonyl (C=O) groups excluding carboxylic acids is 1. The molecule has 1 nitrogen and oxygen atoms in total. The Kier molecular flexibility index (Phi) is 4.41. The summed E-state index contributed by atoms with van der Waals surface area (Å²) < 4.78 is 0. The highest BCUT2D eigenvalue weighted by Crippen LogP contribution is 2.24. The number of hydrogen-bond donors (Lipinski definition) is 0. The molecule has 0 saturated carbocycles. The summed E-state index contributed by atoms with van der Waals surface area (Å²) in [6.45, 7) is 2.03. The van der Waals surface area contributed by atoms with E-state index in [0.717, 1.165) is 24.7 Å². The van der Waals surface area contributed by atoms with Gasteiger partial charge in [-0.25, -0.2) is 0 Å². The first-order valence-electron chi connectivity index (χ1n) is 4.68. The summed E-state index contributed by atoms with van der Waals surface area (Å²) in [5.74, 6) is 0. The van der Waals surface area contributed by atoms with Crippen LogP contribution >= 0.6 is 11.6 Å². The first kappa shape index (κ1) is 11.0. The SMILES string of the molecule is CCC/C(C=O)=C(/Cl)c1ccccc1. The highest BCUT2D eigenvalue weighted by molar-refractivity contribution is 6.50. The zero-order valence-corrected chi connectivity index (χ0v) is 8.92. The lowest BCUT2D eigenvalue weighted by Crippen LogP contribution is -1.88. The Labute approximate surface area is 89.4 Å². The van der Waals surface area contributed by atoms with Gasteiger partial charge in [-0.2, -0.15) is 0 Å². The average Bonchev–Trinajstić information content (AvgIpc) is 2.26. The Morgan fingerprint density at radius 2 is 2.00 bits per heavy atom. The molecule has 14 heavy (non-hydrogen) atoms. The third kappa shape index (κ3) is 2.71. The lowest BCUT2D eigenvalue weighted by molar-refractivity contribution is -0.105. The molecule has 0 heterocycles. The predicted octanol–water partition coefficient (Wildman–Crippen LogP) is 3.64. The van der Waals surface area contributed by atoms with Crippen molar-refractivity contribution < 1.29 is 4.79 Å².